The van der Waals surface area contributed by atoms with Gasteiger partial charge in [0.1, 0.15) is 12.0 Å². The van der Waals surface area contributed by atoms with Crippen LogP contribution in [0, 0.1) is 11.8 Å². The Labute approximate surface area is 175 Å². The van der Waals surface area contributed by atoms with Crippen molar-refractivity contribution >= 4 is 16.9 Å². The van der Waals surface area contributed by atoms with Gasteiger partial charge in [0.2, 0.25) is 0 Å². The molecule has 0 unspecified atom stereocenters. The number of ether oxygens (including phenoxy) is 3. The third-order valence-corrected chi connectivity index (χ3v) is 6.22. The first kappa shape index (κ1) is 20.7. The first-order chi connectivity index (χ1) is 14.4. The second-order valence-corrected chi connectivity index (χ2v) is 7.88. The average molecular weight is 416 g/mol. The molecular formula is C22H28N2O6. The number of rotatable bonds is 5. The molecule has 2 N–H and O–H groups in total. The van der Waals surface area contributed by atoms with Gasteiger partial charge in [-0.2, -0.15) is 0 Å². The molecule has 2 aromatic rings. The first-order valence-corrected chi connectivity index (χ1v) is 10.1. The van der Waals surface area contributed by atoms with Crippen LogP contribution >= 0.6 is 0 Å². The van der Waals surface area contributed by atoms with Crippen LogP contribution in [0.15, 0.2) is 42.2 Å². The topological polar surface area (TPSA) is 93.4 Å². The third-order valence-electron chi connectivity index (χ3n) is 6.22. The molecule has 5 atom stereocenters. The van der Waals surface area contributed by atoms with E-state index in [0.29, 0.717) is 18.7 Å². The van der Waals surface area contributed by atoms with Gasteiger partial charge in [-0.05, 0) is 31.2 Å². The summed E-state index contributed by atoms with van der Waals surface area (Å²) in [5, 5.41) is 22.1. The molecule has 0 spiro atoms. The molecule has 2 aliphatic heterocycles. The quantitative estimate of drug-likeness (QED) is 0.717. The van der Waals surface area contributed by atoms with E-state index in [1.54, 1.807) is 18.2 Å². The number of hydrogen-bond acceptors (Lipinski definition) is 7. The van der Waals surface area contributed by atoms with Crippen molar-refractivity contribution in [2.75, 3.05) is 20.8 Å². The molecule has 1 fully saturated rings. The van der Waals surface area contributed by atoms with Gasteiger partial charge in [-0.1, -0.05) is 0 Å². The molecule has 2 aliphatic rings. The predicted molar refractivity (Wildman–Crippen MR) is 109 cm³/mol. The van der Waals surface area contributed by atoms with Gasteiger partial charge in [0, 0.05) is 54.6 Å². The highest BCUT2D eigenvalue weighted by atomic mass is 16.6. The van der Waals surface area contributed by atoms with Crippen LogP contribution in [-0.4, -0.2) is 65.0 Å². The van der Waals surface area contributed by atoms with Crippen molar-refractivity contribution in [2.24, 2.45) is 11.8 Å². The molecule has 8 heteroatoms. The molecule has 0 aliphatic carbocycles. The molecule has 30 heavy (non-hydrogen) atoms. The molecule has 1 saturated heterocycles. The Morgan fingerprint density at radius 3 is 2.77 bits per heavy atom. The molecule has 0 saturated carbocycles. The fourth-order valence-electron chi connectivity index (χ4n) is 4.69. The van der Waals surface area contributed by atoms with E-state index in [2.05, 4.69) is 4.57 Å². The highest BCUT2D eigenvalue weighted by Crippen LogP contribution is 2.41. The standard InChI is InChI=1S/C22H28N2O6/c1-13-20-16(11-19(25)30-13)17(22(27)29-3)12-24(21(20)26)9-8-23-7-6-14-10-15(28-2)4-5-18(14)23/h4-7,10,12-13,16,19-21,25-26H,8-9,11H2,1-3H3/t13-,16+,19+,20+,21-/m1/s1. The first-order valence-electron chi connectivity index (χ1n) is 10.1. The summed E-state index contributed by atoms with van der Waals surface area (Å²) in [5.41, 5.74) is 1.53. The zero-order valence-electron chi connectivity index (χ0n) is 17.4. The Kier molecular flexibility index (Phi) is 5.73. The fraction of sp³-hybridized carbons (Fsp3) is 0.500. The number of nitrogens with zero attached hydrogens (tertiary/aromatic N) is 2. The SMILES string of the molecule is COC(=O)C1=CN(CCn2ccc3cc(OC)ccc32)[C@H](O)[C@H]2[C@@H](C)O[C@H](O)C[C@@H]12. The number of carbonyl (C=O) groups is 1. The molecule has 0 amide bonds. The molecule has 8 nitrogen and oxygen atoms in total. The summed E-state index contributed by atoms with van der Waals surface area (Å²) in [7, 11) is 2.98. The van der Waals surface area contributed by atoms with Gasteiger partial charge >= 0.3 is 5.97 Å². The molecule has 0 bridgehead atoms. The Balaban J connectivity index is 1.58. The lowest BCUT2D eigenvalue weighted by molar-refractivity contribution is -0.222. The zero-order chi connectivity index (χ0) is 21.4. The van der Waals surface area contributed by atoms with Crippen LogP contribution in [0.3, 0.4) is 0 Å². The van der Waals surface area contributed by atoms with Gasteiger partial charge in [0.25, 0.3) is 0 Å². The number of carbonyl (C=O) groups excluding carboxylic acids is 1. The van der Waals surface area contributed by atoms with E-state index in [0.717, 1.165) is 16.7 Å². The highest BCUT2D eigenvalue weighted by Gasteiger charge is 2.47. The second kappa shape index (κ2) is 8.29. The van der Waals surface area contributed by atoms with E-state index in [1.807, 2.05) is 37.4 Å². The van der Waals surface area contributed by atoms with Crippen molar-refractivity contribution in [1.82, 2.24) is 9.47 Å². The zero-order valence-corrected chi connectivity index (χ0v) is 17.4. The van der Waals surface area contributed by atoms with Crippen molar-refractivity contribution in [3.05, 3.63) is 42.2 Å². The number of fused-ring (bicyclic) bond motifs is 2. The lowest BCUT2D eigenvalue weighted by Crippen LogP contribution is -2.55. The average Bonchev–Trinajstić information content (AvgIpc) is 3.14. The van der Waals surface area contributed by atoms with E-state index < -0.39 is 24.6 Å². The maximum Gasteiger partial charge on any atom is 0.335 e. The fourth-order valence-corrected chi connectivity index (χ4v) is 4.69. The minimum Gasteiger partial charge on any atom is -0.497 e. The minimum absolute atomic E-state index is 0.255. The van der Waals surface area contributed by atoms with Gasteiger partial charge in [-0.3, -0.25) is 0 Å². The molecule has 1 aromatic carbocycles. The number of aliphatic hydroxyl groups is 2. The number of esters is 1. The Morgan fingerprint density at radius 2 is 2.03 bits per heavy atom. The summed E-state index contributed by atoms with van der Waals surface area (Å²) in [6.45, 7) is 2.93. The van der Waals surface area contributed by atoms with Crippen LogP contribution in [0.4, 0.5) is 0 Å². The van der Waals surface area contributed by atoms with Gasteiger partial charge in [0.05, 0.1) is 25.9 Å². The molecule has 162 valence electrons. The largest absolute Gasteiger partial charge is 0.497 e. The summed E-state index contributed by atoms with van der Waals surface area (Å²) in [6, 6.07) is 7.92. The summed E-state index contributed by atoms with van der Waals surface area (Å²) in [5.74, 6) is -0.293. The molecule has 1 aromatic heterocycles. The van der Waals surface area contributed by atoms with E-state index in [-0.39, 0.29) is 18.3 Å². The van der Waals surface area contributed by atoms with Gasteiger partial charge < -0.3 is 33.9 Å². The van der Waals surface area contributed by atoms with Crippen LogP contribution in [0.5, 0.6) is 5.75 Å². The number of aliphatic hydroxyl groups excluding tert-OH is 2. The smallest absolute Gasteiger partial charge is 0.335 e. The lowest BCUT2D eigenvalue weighted by atomic mass is 9.75. The van der Waals surface area contributed by atoms with Gasteiger partial charge in [-0.15, -0.1) is 0 Å². The summed E-state index contributed by atoms with van der Waals surface area (Å²) in [6.07, 6.45) is 1.74. The van der Waals surface area contributed by atoms with E-state index in [4.69, 9.17) is 14.2 Å². The maximum atomic E-state index is 12.4. The van der Waals surface area contributed by atoms with Crippen molar-refractivity contribution in [3.8, 4) is 5.75 Å². The second-order valence-electron chi connectivity index (χ2n) is 7.88. The van der Waals surface area contributed by atoms with E-state index in [9.17, 15) is 15.0 Å². The van der Waals surface area contributed by atoms with Crippen LogP contribution < -0.4 is 4.74 Å². The number of hydrogen-bond donors (Lipinski definition) is 2. The Morgan fingerprint density at radius 1 is 1.23 bits per heavy atom. The van der Waals surface area contributed by atoms with Crippen molar-refractivity contribution < 1.29 is 29.2 Å². The summed E-state index contributed by atoms with van der Waals surface area (Å²) in [4.78, 5) is 14.2. The van der Waals surface area contributed by atoms with Crippen molar-refractivity contribution in [1.29, 1.82) is 0 Å². The summed E-state index contributed by atoms with van der Waals surface area (Å²) >= 11 is 0. The van der Waals surface area contributed by atoms with E-state index >= 15 is 0 Å². The molecule has 3 heterocycles. The monoisotopic (exact) mass is 416 g/mol. The highest BCUT2D eigenvalue weighted by molar-refractivity contribution is 5.89. The lowest BCUT2D eigenvalue weighted by Gasteiger charge is -2.48. The number of aromatic nitrogens is 1. The van der Waals surface area contributed by atoms with Gasteiger partial charge in [0.15, 0.2) is 6.29 Å². The predicted octanol–water partition coefficient (Wildman–Crippen LogP) is 1.70. The van der Waals surface area contributed by atoms with Crippen LogP contribution in [-0.2, 0) is 20.8 Å². The van der Waals surface area contributed by atoms with Crippen molar-refractivity contribution in [3.63, 3.8) is 0 Å². The maximum absolute atomic E-state index is 12.4. The Hall–Kier alpha value is -2.55. The van der Waals surface area contributed by atoms with E-state index in [1.165, 1.54) is 7.11 Å². The number of methoxy groups -OCH3 is 2. The molecular weight excluding hydrogens is 388 g/mol. The molecule has 0 radical (unpaired) electrons. The Bertz CT molecular complexity index is 954. The van der Waals surface area contributed by atoms with Crippen LogP contribution in [0.2, 0.25) is 0 Å². The van der Waals surface area contributed by atoms with Crippen LogP contribution in [0.25, 0.3) is 10.9 Å². The van der Waals surface area contributed by atoms with Crippen LogP contribution in [0.1, 0.15) is 13.3 Å². The molecule has 4 rings (SSSR count). The number of benzene rings is 1. The van der Waals surface area contributed by atoms with Crippen molar-refractivity contribution in [2.45, 2.75) is 38.5 Å². The normalized spacial score (nSPS) is 28.8. The third kappa shape index (κ3) is 3.66. The minimum atomic E-state index is -0.962. The van der Waals surface area contributed by atoms with Gasteiger partial charge in [-0.25, -0.2) is 4.79 Å². The summed E-state index contributed by atoms with van der Waals surface area (Å²) < 4.78 is 17.9.